The van der Waals surface area contributed by atoms with Crippen molar-refractivity contribution in [3.05, 3.63) is 53.2 Å². The molecule has 160 valence electrons. The normalized spacial score (nSPS) is 16.3. The molecule has 0 radical (unpaired) electrons. The molecule has 2 aromatic heterocycles. The van der Waals surface area contributed by atoms with Crippen molar-refractivity contribution in [2.24, 2.45) is 13.0 Å². The van der Waals surface area contributed by atoms with Gasteiger partial charge in [-0.25, -0.2) is 8.42 Å². The van der Waals surface area contributed by atoms with Crippen molar-refractivity contribution in [1.82, 2.24) is 19.1 Å². The molecule has 0 spiro atoms. The maximum Gasteiger partial charge on any atom is 0.250 e. The second kappa shape index (κ2) is 8.00. The maximum atomic E-state index is 13.7. The minimum Gasteiger partial charge on any atom is -0.421 e. The molecule has 1 saturated heterocycles. The first-order valence-electron chi connectivity index (χ1n) is 10.3. The minimum absolute atomic E-state index is 0.256. The van der Waals surface area contributed by atoms with E-state index in [0.29, 0.717) is 36.2 Å². The first-order chi connectivity index (χ1) is 14.3. The SMILES string of the molecule is Cc1nnc(-c2c(S(=O)(=O)N3CCC(Cc4ccccc4)CC3)c(C)n(C)c2C)o1. The predicted molar refractivity (Wildman–Crippen MR) is 115 cm³/mol. The Balaban J connectivity index is 1.60. The van der Waals surface area contributed by atoms with Crippen LogP contribution < -0.4 is 0 Å². The van der Waals surface area contributed by atoms with E-state index in [1.54, 1.807) is 11.2 Å². The number of hydrogen-bond acceptors (Lipinski definition) is 5. The molecule has 0 saturated carbocycles. The fourth-order valence-electron chi connectivity index (χ4n) is 4.31. The van der Waals surface area contributed by atoms with E-state index in [-0.39, 0.29) is 10.8 Å². The summed E-state index contributed by atoms with van der Waals surface area (Å²) >= 11 is 0. The Kier molecular flexibility index (Phi) is 5.55. The van der Waals surface area contributed by atoms with Gasteiger partial charge in [0.1, 0.15) is 4.90 Å². The summed E-state index contributed by atoms with van der Waals surface area (Å²) < 4.78 is 36.4. The number of aromatic nitrogens is 3. The average molecular weight is 429 g/mol. The van der Waals surface area contributed by atoms with Crippen molar-refractivity contribution in [2.75, 3.05) is 13.1 Å². The van der Waals surface area contributed by atoms with Crippen LogP contribution in [0.25, 0.3) is 11.5 Å². The number of rotatable bonds is 5. The first kappa shape index (κ1) is 20.8. The highest BCUT2D eigenvalue weighted by atomic mass is 32.2. The standard InChI is InChI=1S/C22H28N4O3S/c1-15-20(22-24-23-17(3)29-22)21(16(2)25(15)4)30(27,28)26-12-10-19(11-13-26)14-18-8-6-5-7-9-18/h5-9,19H,10-14H2,1-4H3. The lowest BCUT2D eigenvalue weighted by atomic mass is 9.91. The second-order valence-electron chi connectivity index (χ2n) is 8.10. The van der Waals surface area contributed by atoms with Crippen LogP contribution in [0.1, 0.15) is 35.7 Å². The van der Waals surface area contributed by atoms with E-state index < -0.39 is 10.0 Å². The largest absolute Gasteiger partial charge is 0.421 e. The van der Waals surface area contributed by atoms with Crippen LogP contribution in [0.15, 0.2) is 39.6 Å². The minimum atomic E-state index is -3.68. The summed E-state index contributed by atoms with van der Waals surface area (Å²) in [6.45, 7) is 6.46. The topological polar surface area (TPSA) is 81.2 Å². The molecule has 0 N–H and O–H groups in total. The van der Waals surface area contributed by atoms with Crippen LogP contribution in [0.2, 0.25) is 0 Å². The Labute approximate surface area is 177 Å². The van der Waals surface area contributed by atoms with Gasteiger partial charge in [0, 0.05) is 38.4 Å². The van der Waals surface area contributed by atoms with Crippen LogP contribution in [0.4, 0.5) is 0 Å². The number of benzene rings is 1. The van der Waals surface area contributed by atoms with E-state index in [2.05, 4.69) is 34.5 Å². The van der Waals surface area contributed by atoms with Crippen LogP contribution in [-0.4, -0.2) is 40.6 Å². The van der Waals surface area contributed by atoms with E-state index in [0.717, 1.165) is 25.0 Å². The monoisotopic (exact) mass is 428 g/mol. The van der Waals surface area contributed by atoms with E-state index in [1.165, 1.54) is 5.56 Å². The number of nitrogens with zero attached hydrogens (tertiary/aromatic N) is 4. The van der Waals surface area contributed by atoms with Crippen molar-refractivity contribution >= 4 is 10.0 Å². The molecule has 1 aliphatic heterocycles. The lowest BCUT2D eigenvalue weighted by molar-refractivity contribution is 0.273. The Morgan fingerprint density at radius 3 is 2.30 bits per heavy atom. The summed E-state index contributed by atoms with van der Waals surface area (Å²) in [4.78, 5) is 0.285. The van der Waals surface area contributed by atoms with E-state index >= 15 is 0 Å². The van der Waals surface area contributed by atoms with Crippen LogP contribution in [0.5, 0.6) is 0 Å². The van der Waals surface area contributed by atoms with Gasteiger partial charge in [0.25, 0.3) is 5.89 Å². The van der Waals surface area contributed by atoms with Gasteiger partial charge in [-0.05, 0) is 44.6 Å². The summed E-state index contributed by atoms with van der Waals surface area (Å²) in [6, 6.07) is 10.4. The Morgan fingerprint density at radius 2 is 1.70 bits per heavy atom. The summed E-state index contributed by atoms with van der Waals surface area (Å²) in [6.07, 6.45) is 2.70. The van der Waals surface area contributed by atoms with Crippen LogP contribution in [0, 0.1) is 26.7 Å². The van der Waals surface area contributed by atoms with Crippen molar-refractivity contribution in [2.45, 2.75) is 44.9 Å². The Hall–Kier alpha value is -2.45. The molecule has 1 aromatic carbocycles. The van der Waals surface area contributed by atoms with Gasteiger partial charge < -0.3 is 8.98 Å². The molecule has 3 aromatic rings. The van der Waals surface area contributed by atoms with E-state index in [4.69, 9.17) is 4.42 Å². The molecule has 7 nitrogen and oxygen atoms in total. The highest BCUT2D eigenvalue weighted by molar-refractivity contribution is 7.89. The zero-order valence-corrected chi connectivity index (χ0v) is 18.7. The van der Waals surface area contributed by atoms with Gasteiger partial charge in [-0.15, -0.1) is 10.2 Å². The smallest absolute Gasteiger partial charge is 0.250 e. The summed E-state index contributed by atoms with van der Waals surface area (Å²) in [5, 5.41) is 7.99. The predicted octanol–water partition coefficient (Wildman–Crippen LogP) is 3.64. The molecule has 0 bridgehead atoms. The third-order valence-corrected chi connectivity index (χ3v) is 8.26. The fourth-order valence-corrected chi connectivity index (χ4v) is 6.27. The van der Waals surface area contributed by atoms with Gasteiger partial charge in [-0.3, -0.25) is 0 Å². The molecule has 0 unspecified atom stereocenters. The van der Waals surface area contributed by atoms with Gasteiger partial charge in [-0.1, -0.05) is 30.3 Å². The lowest BCUT2D eigenvalue weighted by Crippen LogP contribution is -2.39. The highest BCUT2D eigenvalue weighted by Gasteiger charge is 2.36. The number of piperidine rings is 1. The van der Waals surface area contributed by atoms with Crippen LogP contribution in [-0.2, 0) is 23.5 Å². The second-order valence-corrected chi connectivity index (χ2v) is 9.97. The van der Waals surface area contributed by atoms with Crippen molar-refractivity contribution < 1.29 is 12.8 Å². The van der Waals surface area contributed by atoms with Gasteiger partial charge in [-0.2, -0.15) is 4.31 Å². The number of hydrogen-bond donors (Lipinski definition) is 0. The summed E-state index contributed by atoms with van der Waals surface area (Å²) in [5.41, 5.74) is 3.31. The first-order valence-corrected chi connectivity index (χ1v) is 11.7. The van der Waals surface area contributed by atoms with E-state index in [9.17, 15) is 8.42 Å². The van der Waals surface area contributed by atoms with E-state index in [1.807, 2.05) is 31.5 Å². The summed E-state index contributed by atoms with van der Waals surface area (Å²) in [7, 11) is -1.81. The highest BCUT2D eigenvalue weighted by Crippen LogP contribution is 2.37. The molecular weight excluding hydrogens is 400 g/mol. The van der Waals surface area contributed by atoms with Gasteiger partial charge >= 0.3 is 0 Å². The molecule has 0 amide bonds. The molecule has 1 fully saturated rings. The molecule has 30 heavy (non-hydrogen) atoms. The van der Waals surface area contributed by atoms with Crippen LogP contribution >= 0.6 is 0 Å². The van der Waals surface area contributed by atoms with Gasteiger partial charge in [0.15, 0.2) is 0 Å². The molecule has 0 aliphatic carbocycles. The number of sulfonamides is 1. The van der Waals surface area contributed by atoms with Gasteiger partial charge in [0.2, 0.25) is 15.9 Å². The molecule has 1 aliphatic rings. The molecule has 0 atom stereocenters. The van der Waals surface area contributed by atoms with Gasteiger partial charge in [0.05, 0.1) is 5.56 Å². The Morgan fingerprint density at radius 1 is 1.03 bits per heavy atom. The van der Waals surface area contributed by atoms with Crippen molar-refractivity contribution in [3.8, 4) is 11.5 Å². The molecule has 8 heteroatoms. The maximum absolute atomic E-state index is 13.7. The van der Waals surface area contributed by atoms with Crippen molar-refractivity contribution in [1.29, 1.82) is 0 Å². The third-order valence-electron chi connectivity index (χ3n) is 6.20. The Bertz CT molecular complexity index is 1140. The van der Waals surface area contributed by atoms with Crippen molar-refractivity contribution in [3.63, 3.8) is 0 Å². The third kappa shape index (κ3) is 3.70. The fraction of sp³-hybridized carbons (Fsp3) is 0.455. The molecular formula is C22H28N4O3S. The quantitative estimate of drug-likeness (QED) is 0.620. The molecule has 3 heterocycles. The van der Waals surface area contributed by atoms with Crippen LogP contribution in [0.3, 0.4) is 0 Å². The summed E-state index contributed by atoms with van der Waals surface area (Å²) in [5.74, 6) is 1.16. The number of aryl methyl sites for hydroxylation is 1. The average Bonchev–Trinajstić information content (AvgIpc) is 3.26. The molecule has 4 rings (SSSR count). The zero-order chi connectivity index (χ0) is 21.5. The zero-order valence-electron chi connectivity index (χ0n) is 17.9. The lowest BCUT2D eigenvalue weighted by Gasteiger charge is -2.31.